The second-order valence-corrected chi connectivity index (χ2v) is 4.70. The van der Waals surface area contributed by atoms with Crippen LogP contribution in [0, 0.1) is 6.92 Å². The standard InChI is InChI=1S/C15H21N3O/c1-3-4-7-10-16-11-14-17-18-15(19-14)13-9-6-5-8-12(13)2/h5-6,8-9,16H,3-4,7,10-11H2,1-2H3. The number of hydrogen-bond acceptors (Lipinski definition) is 4. The van der Waals surface area contributed by atoms with Gasteiger partial charge in [0.1, 0.15) is 0 Å². The van der Waals surface area contributed by atoms with Gasteiger partial charge in [-0.25, -0.2) is 0 Å². The molecule has 2 rings (SSSR count). The number of nitrogens with zero attached hydrogens (tertiary/aromatic N) is 2. The monoisotopic (exact) mass is 259 g/mol. The molecule has 1 aromatic carbocycles. The van der Waals surface area contributed by atoms with Crippen LogP contribution in [0.2, 0.25) is 0 Å². The first-order valence-electron chi connectivity index (χ1n) is 6.90. The van der Waals surface area contributed by atoms with Crippen molar-refractivity contribution >= 4 is 0 Å². The molecule has 2 aromatic rings. The topological polar surface area (TPSA) is 51.0 Å². The first kappa shape index (κ1) is 13.7. The minimum Gasteiger partial charge on any atom is -0.419 e. The Balaban J connectivity index is 1.91. The smallest absolute Gasteiger partial charge is 0.248 e. The van der Waals surface area contributed by atoms with Crippen molar-refractivity contribution in [1.29, 1.82) is 0 Å². The van der Waals surface area contributed by atoms with Crippen molar-refractivity contribution in [1.82, 2.24) is 15.5 Å². The van der Waals surface area contributed by atoms with E-state index in [1.165, 1.54) is 19.3 Å². The summed E-state index contributed by atoms with van der Waals surface area (Å²) in [7, 11) is 0. The Hall–Kier alpha value is -1.68. The third kappa shape index (κ3) is 3.89. The molecule has 0 radical (unpaired) electrons. The molecule has 4 nitrogen and oxygen atoms in total. The molecule has 1 aromatic heterocycles. The minimum atomic E-state index is 0.600. The van der Waals surface area contributed by atoms with E-state index in [-0.39, 0.29) is 0 Å². The molecule has 19 heavy (non-hydrogen) atoms. The number of hydrogen-bond donors (Lipinski definition) is 1. The Morgan fingerprint density at radius 3 is 2.79 bits per heavy atom. The first-order chi connectivity index (χ1) is 9.31. The van der Waals surface area contributed by atoms with E-state index in [2.05, 4.69) is 22.4 Å². The molecule has 0 amide bonds. The Labute approximate surface area is 114 Å². The minimum absolute atomic E-state index is 0.600. The van der Waals surface area contributed by atoms with E-state index in [4.69, 9.17) is 4.42 Å². The van der Waals surface area contributed by atoms with Gasteiger partial charge in [-0.1, -0.05) is 38.0 Å². The van der Waals surface area contributed by atoms with E-state index in [0.29, 0.717) is 18.3 Å². The van der Waals surface area contributed by atoms with Crippen LogP contribution in [0.1, 0.15) is 37.6 Å². The fraction of sp³-hybridized carbons (Fsp3) is 0.467. The summed E-state index contributed by atoms with van der Waals surface area (Å²) in [6.45, 7) is 5.88. The van der Waals surface area contributed by atoms with Crippen LogP contribution >= 0.6 is 0 Å². The summed E-state index contributed by atoms with van der Waals surface area (Å²) in [4.78, 5) is 0. The molecule has 1 heterocycles. The highest BCUT2D eigenvalue weighted by Gasteiger charge is 2.09. The Kier molecular flexibility index (Phi) is 5.10. The second-order valence-electron chi connectivity index (χ2n) is 4.70. The van der Waals surface area contributed by atoms with Gasteiger partial charge in [-0.2, -0.15) is 0 Å². The van der Waals surface area contributed by atoms with Crippen molar-refractivity contribution in [2.24, 2.45) is 0 Å². The Bertz CT molecular complexity index is 508. The Morgan fingerprint density at radius 2 is 2.00 bits per heavy atom. The summed E-state index contributed by atoms with van der Waals surface area (Å²) in [5, 5.41) is 11.5. The predicted molar refractivity (Wildman–Crippen MR) is 75.7 cm³/mol. The van der Waals surface area contributed by atoms with Gasteiger partial charge in [-0.15, -0.1) is 10.2 Å². The number of benzene rings is 1. The van der Waals surface area contributed by atoms with E-state index in [1.807, 2.05) is 31.2 Å². The lowest BCUT2D eigenvalue weighted by atomic mass is 10.1. The van der Waals surface area contributed by atoms with Crippen LogP contribution in [-0.4, -0.2) is 16.7 Å². The Morgan fingerprint density at radius 1 is 1.16 bits per heavy atom. The van der Waals surface area contributed by atoms with Gasteiger partial charge in [0.05, 0.1) is 6.54 Å². The first-order valence-corrected chi connectivity index (χ1v) is 6.90. The molecular weight excluding hydrogens is 238 g/mol. The van der Waals surface area contributed by atoms with E-state index in [1.54, 1.807) is 0 Å². The number of nitrogens with one attached hydrogen (secondary N) is 1. The van der Waals surface area contributed by atoms with Gasteiger partial charge in [-0.05, 0) is 31.5 Å². The molecule has 0 aliphatic carbocycles. The van der Waals surface area contributed by atoms with E-state index < -0.39 is 0 Å². The van der Waals surface area contributed by atoms with Crippen LogP contribution in [0.5, 0.6) is 0 Å². The molecule has 0 atom stereocenters. The van der Waals surface area contributed by atoms with Gasteiger partial charge >= 0.3 is 0 Å². The molecular formula is C15H21N3O. The molecule has 1 N–H and O–H groups in total. The summed E-state index contributed by atoms with van der Waals surface area (Å²) in [6, 6.07) is 8.03. The molecule has 0 saturated carbocycles. The molecule has 0 fully saturated rings. The van der Waals surface area contributed by atoms with Gasteiger partial charge < -0.3 is 9.73 Å². The number of rotatable bonds is 7. The summed E-state index contributed by atoms with van der Waals surface area (Å²) < 4.78 is 5.67. The number of unbranched alkanes of at least 4 members (excludes halogenated alkanes) is 2. The van der Waals surface area contributed by atoms with Crippen LogP contribution in [0.25, 0.3) is 11.5 Å². The van der Waals surface area contributed by atoms with Gasteiger partial charge in [0, 0.05) is 5.56 Å². The lowest BCUT2D eigenvalue weighted by Gasteiger charge is -2.00. The van der Waals surface area contributed by atoms with Crippen LogP contribution in [0.4, 0.5) is 0 Å². The maximum atomic E-state index is 5.67. The van der Waals surface area contributed by atoms with Gasteiger partial charge in [-0.3, -0.25) is 0 Å². The fourth-order valence-electron chi connectivity index (χ4n) is 1.94. The SMILES string of the molecule is CCCCCNCc1nnc(-c2ccccc2C)o1. The zero-order chi connectivity index (χ0) is 13.5. The van der Waals surface area contributed by atoms with Crippen molar-refractivity contribution in [3.05, 3.63) is 35.7 Å². The summed E-state index contributed by atoms with van der Waals surface area (Å²) in [5.74, 6) is 1.25. The normalized spacial score (nSPS) is 10.8. The molecule has 0 saturated heterocycles. The van der Waals surface area contributed by atoms with E-state index in [0.717, 1.165) is 17.7 Å². The van der Waals surface area contributed by atoms with Crippen LogP contribution < -0.4 is 5.32 Å². The van der Waals surface area contributed by atoms with Crippen LogP contribution in [0.3, 0.4) is 0 Å². The summed E-state index contributed by atoms with van der Waals surface area (Å²) in [5.41, 5.74) is 2.15. The molecule has 0 aliphatic heterocycles. The zero-order valence-electron chi connectivity index (χ0n) is 11.6. The molecule has 0 aliphatic rings. The zero-order valence-corrected chi connectivity index (χ0v) is 11.6. The van der Waals surface area contributed by atoms with E-state index in [9.17, 15) is 0 Å². The van der Waals surface area contributed by atoms with E-state index >= 15 is 0 Å². The summed E-state index contributed by atoms with van der Waals surface area (Å²) in [6.07, 6.45) is 3.68. The lowest BCUT2D eigenvalue weighted by Crippen LogP contribution is -2.14. The highest BCUT2D eigenvalue weighted by atomic mass is 16.4. The fourth-order valence-corrected chi connectivity index (χ4v) is 1.94. The van der Waals surface area contributed by atoms with Crippen molar-refractivity contribution < 1.29 is 4.42 Å². The third-order valence-corrected chi connectivity index (χ3v) is 3.08. The quantitative estimate of drug-likeness (QED) is 0.775. The van der Waals surface area contributed by atoms with Crippen molar-refractivity contribution in [2.75, 3.05) is 6.54 Å². The van der Waals surface area contributed by atoms with Crippen LogP contribution in [0.15, 0.2) is 28.7 Å². The summed E-state index contributed by atoms with van der Waals surface area (Å²) >= 11 is 0. The number of aromatic nitrogens is 2. The average molecular weight is 259 g/mol. The van der Waals surface area contributed by atoms with Crippen LogP contribution in [-0.2, 0) is 6.54 Å². The highest BCUT2D eigenvalue weighted by molar-refractivity contribution is 5.57. The maximum absolute atomic E-state index is 5.67. The largest absolute Gasteiger partial charge is 0.419 e. The van der Waals surface area contributed by atoms with Crippen molar-refractivity contribution in [3.8, 4) is 11.5 Å². The maximum Gasteiger partial charge on any atom is 0.248 e. The molecule has 0 unspecified atom stereocenters. The molecule has 0 bridgehead atoms. The van der Waals surface area contributed by atoms with Gasteiger partial charge in [0.15, 0.2) is 0 Å². The second kappa shape index (κ2) is 7.04. The third-order valence-electron chi connectivity index (χ3n) is 3.08. The van der Waals surface area contributed by atoms with Crippen molar-refractivity contribution in [2.45, 2.75) is 39.7 Å². The predicted octanol–water partition coefficient (Wildman–Crippen LogP) is 3.32. The van der Waals surface area contributed by atoms with Gasteiger partial charge in [0.2, 0.25) is 11.8 Å². The molecule has 4 heteroatoms. The van der Waals surface area contributed by atoms with Gasteiger partial charge in [0.25, 0.3) is 0 Å². The molecule has 0 spiro atoms. The molecule has 102 valence electrons. The average Bonchev–Trinajstić information content (AvgIpc) is 2.88. The number of aryl methyl sites for hydroxylation is 1. The van der Waals surface area contributed by atoms with Crippen molar-refractivity contribution in [3.63, 3.8) is 0 Å². The highest BCUT2D eigenvalue weighted by Crippen LogP contribution is 2.21. The lowest BCUT2D eigenvalue weighted by molar-refractivity contribution is 0.473.